The normalized spacial score (nSPS) is 13.1. The first-order valence-corrected chi connectivity index (χ1v) is 6.99. The van der Waals surface area contributed by atoms with Gasteiger partial charge in [0.2, 0.25) is 0 Å². The van der Waals surface area contributed by atoms with E-state index >= 15 is 0 Å². The third-order valence-corrected chi connectivity index (χ3v) is 4.23. The Kier molecular flexibility index (Phi) is 3.97. The summed E-state index contributed by atoms with van der Waals surface area (Å²) < 4.78 is 39.2. The lowest BCUT2D eigenvalue weighted by molar-refractivity contribution is -0.143. The molecule has 0 radical (unpaired) electrons. The number of aryl methyl sites for hydroxylation is 2. The van der Waals surface area contributed by atoms with Crippen molar-refractivity contribution in [3.63, 3.8) is 0 Å². The molecule has 1 heterocycles. The Labute approximate surface area is 123 Å². The highest BCUT2D eigenvalue weighted by Crippen LogP contribution is 2.30. The van der Waals surface area contributed by atoms with Crippen molar-refractivity contribution in [3.05, 3.63) is 44.2 Å². The minimum Gasteiger partial charge on any atom is -0.316 e. The molecule has 0 saturated carbocycles. The fourth-order valence-electron chi connectivity index (χ4n) is 1.72. The summed E-state index contributed by atoms with van der Waals surface area (Å²) in [5.41, 5.74) is 1.58. The highest BCUT2D eigenvalue weighted by Gasteiger charge is 2.34. The van der Waals surface area contributed by atoms with Gasteiger partial charge in [-0.3, -0.25) is 0 Å². The third-order valence-electron chi connectivity index (χ3n) is 2.91. The van der Waals surface area contributed by atoms with Gasteiger partial charge in [0.1, 0.15) is 5.69 Å². The number of halogens is 4. The molecule has 0 fully saturated rings. The fourth-order valence-corrected chi connectivity index (χ4v) is 2.85. The summed E-state index contributed by atoms with van der Waals surface area (Å²) in [7, 11) is 1.36. The lowest BCUT2D eigenvalue weighted by atomic mass is 10.1. The molecule has 0 aliphatic heterocycles. The van der Waals surface area contributed by atoms with Crippen molar-refractivity contribution in [1.29, 1.82) is 0 Å². The van der Waals surface area contributed by atoms with Crippen LogP contribution in [0.1, 0.15) is 16.8 Å². The van der Waals surface area contributed by atoms with E-state index in [2.05, 4.69) is 4.99 Å². The standard InChI is InChI=1S/C13H12ClF3N2S/c1-7-5-10(8(2)4-9(7)14)18-12-19(3)11(6-20-12)13(15,16)17/h4-6H,1-3H3. The Hall–Kier alpha value is -1.27. The minimum atomic E-state index is -4.37. The van der Waals surface area contributed by atoms with Crippen molar-refractivity contribution in [2.75, 3.05) is 0 Å². The number of rotatable bonds is 1. The largest absolute Gasteiger partial charge is 0.432 e. The Morgan fingerprint density at radius 2 is 1.85 bits per heavy atom. The highest BCUT2D eigenvalue weighted by atomic mass is 35.5. The van der Waals surface area contributed by atoms with Crippen LogP contribution in [0.2, 0.25) is 5.02 Å². The molecule has 1 aromatic carbocycles. The van der Waals surface area contributed by atoms with Gasteiger partial charge in [0, 0.05) is 17.5 Å². The van der Waals surface area contributed by atoms with Crippen molar-refractivity contribution in [3.8, 4) is 0 Å². The van der Waals surface area contributed by atoms with E-state index in [9.17, 15) is 13.2 Å². The Balaban J connectivity index is 2.58. The molecule has 0 aliphatic carbocycles. The van der Waals surface area contributed by atoms with Crippen LogP contribution in [0.25, 0.3) is 0 Å². The maximum atomic E-state index is 12.7. The maximum absolute atomic E-state index is 12.7. The summed E-state index contributed by atoms with van der Waals surface area (Å²) in [6, 6.07) is 3.53. The van der Waals surface area contributed by atoms with Crippen LogP contribution < -0.4 is 4.80 Å². The molecule has 2 rings (SSSR count). The van der Waals surface area contributed by atoms with E-state index in [0.29, 0.717) is 15.5 Å². The van der Waals surface area contributed by atoms with Crippen molar-refractivity contribution in [2.24, 2.45) is 12.0 Å². The van der Waals surface area contributed by atoms with Crippen LogP contribution in [0.3, 0.4) is 0 Å². The number of nitrogens with zero attached hydrogens (tertiary/aromatic N) is 2. The minimum absolute atomic E-state index is 0.294. The zero-order chi connectivity index (χ0) is 15.1. The molecule has 0 spiro atoms. The number of alkyl halides is 3. The van der Waals surface area contributed by atoms with E-state index in [1.807, 2.05) is 13.8 Å². The third kappa shape index (κ3) is 2.91. The van der Waals surface area contributed by atoms with Crippen molar-refractivity contribution in [1.82, 2.24) is 4.57 Å². The van der Waals surface area contributed by atoms with E-state index in [1.165, 1.54) is 7.05 Å². The number of hydrogen-bond acceptors (Lipinski definition) is 2. The Morgan fingerprint density at radius 1 is 1.20 bits per heavy atom. The van der Waals surface area contributed by atoms with Crippen LogP contribution in [0.15, 0.2) is 22.5 Å². The molecular weight excluding hydrogens is 309 g/mol. The molecule has 0 atom stereocenters. The van der Waals surface area contributed by atoms with E-state index in [4.69, 9.17) is 11.6 Å². The molecule has 0 unspecified atom stereocenters. The average molecular weight is 321 g/mol. The van der Waals surface area contributed by atoms with Crippen LogP contribution in [0.4, 0.5) is 18.9 Å². The summed E-state index contributed by atoms with van der Waals surface area (Å²) in [5.74, 6) is 0. The summed E-state index contributed by atoms with van der Waals surface area (Å²) in [6.07, 6.45) is -4.37. The van der Waals surface area contributed by atoms with Gasteiger partial charge in [-0.1, -0.05) is 11.6 Å². The second kappa shape index (κ2) is 5.26. The molecule has 2 nitrogen and oxygen atoms in total. The van der Waals surface area contributed by atoms with Crippen molar-refractivity contribution < 1.29 is 13.2 Å². The second-order valence-corrected chi connectivity index (χ2v) is 5.70. The molecule has 108 valence electrons. The lowest BCUT2D eigenvalue weighted by Gasteiger charge is -2.07. The van der Waals surface area contributed by atoms with Crippen LogP contribution in [0, 0.1) is 13.8 Å². The van der Waals surface area contributed by atoms with Gasteiger partial charge >= 0.3 is 6.18 Å². The van der Waals surface area contributed by atoms with Crippen molar-refractivity contribution >= 4 is 28.6 Å². The summed E-state index contributed by atoms with van der Waals surface area (Å²) >= 11 is 6.95. The van der Waals surface area contributed by atoms with Gasteiger partial charge in [-0.2, -0.15) is 13.2 Å². The molecule has 2 aromatic rings. The molecule has 7 heteroatoms. The molecule has 0 amide bonds. The van der Waals surface area contributed by atoms with Crippen LogP contribution in [0.5, 0.6) is 0 Å². The van der Waals surface area contributed by atoms with Gasteiger partial charge in [-0.25, -0.2) is 4.99 Å². The molecule has 0 bridgehead atoms. The molecule has 0 saturated heterocycles. The Bertz CT molecular complexity index is 713. The maximum Gasteiger partial charge on any atom is 0.432 e. The van der Waals surface area contributed by atoms with E-state index in [0.717, 1.165) is 32.4 Å². The number of aromatic nitrogens is 1. The SMILES string of the molecule is Cc1cc(N=c2scc(C(F)(F)F)n2C)c(C)cc1Cl. The molecule has 0 N–H and O–H groups in total. The van der Waals surface area contributed by atoms with E-state index in [-0.39, 0.29) is 0 Å². The monoisotopic (exact) mass is 320 g/mol. The summed E-state index contributed by atoms with van der Waals surface area (Å²) in [4.78, 5) is 4.59. The molecule has 1 aromatic heterocycles. The first-order valence-electron chi connectivity index (χ1n) is 5.73. The summed E-state index contributed by atoms with van der Waals surface area (Å²) in [6.45, 7) is 3.65. The second-order valence-electron chi connectivity index (χ2n) is 4.46. The first kappa shape index (κ1) is 15.1. The smallest absolute Gasteiger partial charge is 0.316 e. The van der Waals surface area contributed by atoms with E-state index in [1.54, 1.807) is 12.1 Å². The molecule has 20 heavy (non-hydrogen) atoms. The zero-order valence-corrected chi connectivity index (χ0v) is 12.6. The van der Waals surface area contributed by atoms with Gasteiger partial charge in [0.05, 0.1) is 5.69 Å². The van der Waals surface area contributed by atoms with E-state index < -0.39 is 11.9 Å². The van der Waals surface area contributed by atoms with Gasteiger partial charge in [-0.05, 0) is 37.1 Å². The quantitative estimate of drug-likeness (QED) is 0.730. The van der Waals surface area contributed by atoms with Gasteiger partial charge < -0.3 is 4.57 Å². The van der Waals surface area contributed by atoms with Crippen LogP contribution in [-0.2, 0) is 13.2 Å². The van der Waals surface area contributed by atoms with Crippen LogP contribution >= 0.6 is 22.9 Å². The number of hydrogen-bond donors (Lipinski definition) is 0. The lowest BCUT2D eigenvalue weighted by Crippen LogP contribution is -2.18. The predicted octanol–water partition coefficient (Wildman–Crippen LogP) is 4.61. The number of benzene rings is 1. The predicted molar refractivity (Wildman–Crippen MR) is 74.4 cm³/mol. The fraction of sp³-hybridized carbons (Fsp3) is 0.308. The van der Waals surface area contributed by atoms with Crippen LogP contribution in [-0.4, -0.2) is 4.57 Å². The van der Waals surface area contributed by atoms with Crippen molar-refractivity contribution in [2.45, 2.75) is 20.0 Å². The van der Waals surface area contributed by atoms with Gasteiger partial charge in [-0.15, -0.1) is 11.3 Å². The van der Waals surface area contributed by atoms with Gasteiger partial charge in [0.15, 0.2) is 4.80 Å². The topological polar surface area (TPSA) is 17.3 Å². The molecule has 0 aliphatic rings. The highest BCUT2D eigenvalue weighted by molar-refractivity contribution is 7.07. The summed E-state index contributed by atoms with van der Waals surface area (Å²) in [5, 5.41) is 1.68. The molecular formula is C13H12ClF3N2S. The first-order chi connectivity index (χ1) is 9.20. The van der Waals surface area contributed by atoms with Gasteiger partial charge in [0.25, 0.3) is 0 Å². The number of thiazole rings is 1. The zero-order valence-electron chi connectivity index (χ0n) is 11.0. The Morgan fingerprint density at radius 3 is 2.40 bits per heavy atom. The average Bonchev–Trinajstić information content (AvgIpc) is 2.67.